The minimum atomic E-state index is -0.696. The minimum Gasteiger partial charge on any atom is -0.382 e. The lowest BCUT2D eigenvalue weighted by atomic mass is 10.3. The Balaban J connectivity index is 2.46. The molecule has 0 amide bonds. The number of nitrogens with one attached hydrogen (secondary N) is 1. The SMILES string of the molecule is Nc1nc(N)c(N=Nc2cc(Cl)c([N+](=O)[O-])cc2Cl)c(=O)[nH]1. The van der Waals surface area contributed by atoms with Gasteiger partial charge in [-0.25, -0.2) is 0 Å². The summed E-state index contributed by atoms with van der Waals surface area (Å²) < 4.78 is 0. The number of aromatic nitrogens is 2. The van der Waals surface area contributed by atoms with E-state index in [1.54, 1.807) is 0 Å². The van der Waals surface area contributed by atoms with Gasteiger partial charge in [-0.15, -0.1) is 10.2 Å². The molecule has 0 spiro atoms. The van der Waals surface area contributed by atoms with Crippen molar-refractivity contribution < 1.29 is 4.92 Å². The molecule has 0 aliphatic heterocycles. The van der Waals surface area contributed by atoms with Gasteiger partial charge in [-0.2, -0.15) is 4.98 Å². The Hall–Kier alpha value is -2.72. The molecule has 2 aromatic rings. The Labute approximate surface area is 131 Å². The molecule has 12 heteroatoms. The summed E-state index contributed by atoms with van der Waals surface area (Å²) in [6, 6.07) is 2.16. The van der Waals surface area contributed by atoms with Gasteiger partial charge in [0.15, 0.2) is 11.5 Å². The Morgan fingerprint density at radius 3 is 2.50 bits per heavy atom. The van der Waals surface area contributed by atoms with Gasteiger partial charge in [-0.3, -0.25) is 19.9 Å². The zero-order valence-electron chi connectivity index (χ0n) is 10.6. The number of nitrogens with zero attached hydrogens (tertiary/aromatic N) is 4. The summed E-state index contributed by atoms with van der Waals surface area (Å²) in [7, 11) is 0. The van der Waals surface area contributed by atoms with Crippen molar-refractivity contribution in [3.63, 3.8) is 0 Å². The number of nitrogens with two attached hydrogens (primary N) is 2. The Morgan fingerprint density at radius 2 is 1.91 bits per heavy atom. The Morgan fingerprint density at radius 1 is 1.23 bits per heavy atom. The zero-order chi connectivity index (χ0) is 16.4. The third-order valence-electron chi connectivity index (χ3n) is 2.41. The van der Waals surface area contributed by atoms with Crippen molar-refractivity contribution in [3.05, 3.63) is 42.6 Å². The van der Waals surface area contributed by atoms with Gasteiger partial charge in [0.05, 0.1) is 9.95 Å². The van der Waals surface area contributed by atoms with Crippen LogP contribution < -0.4 is 17.0 Å². The standard InChI is InChI=1S/C10H7Cl2N7O3/c11-3-2-6(19(21)22)4(12)1-5(3)17-18-7-8(13)15-10(14)16-9(7)20/h1-2H,(H5,13,14,15,16,20). The number of nitro benzene ring substituents is 1. The van der Waals surface area contributed by atoms with Gasteiger partial charge >= 0.3 is 0 Å². The number of azo groups is 1. The highest BCUT2D eigenvalue weighted by molar-refractivity contribution is 6.36. The maximum Gasteiger partial charge on any atom is 0.289 e. The third kappa shape index (κ3) is 3.13. The molecule has 0 bridgehead atoms. The predicted molar refractivity (Wildman–Crippen MR) is 81.0 cm³/mol. The van der Waals surface area contributed by atoms with Crippen LogP contribution >= 0.6 is 23.2 Å². The van der Waals surface area contributed by atoms with Crippen molar-refractivity contribution in [1.29, 1.82) is 0 Å². The van der Waals surface area contributed by atoms with Crippen molar-refractivity contribution in [2.75, 3.05) is 11.5 Å². The smallest absolute Gasteiger partial charge is 0.289 e. The molecular weight excluding hydrogens is 337 g/mol. The van der Waals surface area contributed by atoms with Crippen LogP contribution in [0.4, 0.5) is 28.8 Å². The van der Waals surface area contributed by atoms with E-state index in [1.165, 1.54) is 0 Å². The lowest BCUT2D eigenvalue weighted by Crippen LogP contribution is -2.12. The molecule has 0 saturated heterocycles. The van der Waals surface area contributed by atoms with E-state index in [2.05, 4.69) is 20.2 Å². The van der Waals surface area contributed by atoms with E-state index in [1.807, 2.05) is 0 Å². The predicted octanol–water partition coefficient (Wildman–Crippen LogP) is 2.56. The molecule has 1 heterocycles. The van der Waals surface area contributed by atoms with E-state index in [9.17, 15) is 14.9 Å². The van der Waals surface area contributed by atoms with Crippen molar-refractivity contribution in [1.82, 2.24) is 9.97 Å². The summed E-state index contributed by atoms with van der Waals surface area (Å²) in [4.78, 5) is 27.5. The lowest BCUT2D eigenvalue weighted by molar-refractivity contribution is -0.384. The molecule has 22 heavy (non-hydrogen) atoms. The molecule has 0 radical (unpaired) electrons. The highest BCUT2D eigenvalue weighted by Gasteiger charge is 2.16. The second-order valence-corrected chi connectivity index (χ2v) is 4.71. The number of nitro groups is 1. The van der Waals surface area contributed by atoms with E-state index in [4.69, 9.17) is 34.7 Å². The molecule has 1 aromatic heterocycles. The summed E-state index contributed by atoms with van der Waals surface area (Å²) in [5, 5.41) is 17.8. The molecular formula is C10H7Cl2N7O3. The maximum absolute atomic E-state index is 11.6. The fraction of sp³-hybridized carbons (Fsp3) is 0. The summed E-state index contributed by atoms with van der Waals surface area (Å²) >= 11 is 11.6. The van der Waals surface area contributed by atoms with Crippen molar-refractivity contribution in [2.24, 2.45) is 10.2 Å². The van der Waals surface area contributed by atoms with Crippen LogP contribution in [0, 0.1) is 10.1 Å². The van der Waals surface area contributed by atoms with Crippen LogP contribution in [0.25, 0.3) is 0 Å². The van der Waals surface area contributed by atoms with Crippen LogP contribution in [0.15, 0.2) is 27.2 Å². The molecule has 10 nitrogen and oxygen atoms in total. The minimum absolute atomic E-state index is 0.0212. The first-order valence-electron chi connectivity index (χ1n) is 5.50. The monoisotopic (exact) mass is 343 g/mol. The number of hydrogen-bond donors (Lipinski definition) is 3. The zero-order valence-corrected chi connectivity index (χ0v) is 12.1. The van der Waals surface area contributed by atoms with Crippen molar-refractivity contribution >= 4 is 52.0 Å². The Kier molecular flexibility index (Phi) is 4.24. The quantitative estimate of drug-likeness (QED) is 0.439. The molecule has 0 aliphatic rings. The summed E-state index contributed by atoms with van der Waals surface area (Å²) in [5.41, 5.74) is 9.48. The van der Waals surface area contributed by atoms with Crippen LogP contribution in [0.2, 0.25) is 10.0 Å². The van der Waals surface area contributed by atoms with Gasteiger partial charge in [0.1, 0.15) is 10.7 Å². The lowest BCUT2D eigenvalue weighted by Gasteiger charge is -2.01. The number of aromatic amines is 1. The molecule has 1 aromatic carbocycles. The fourth-order valence-corrected chi connectivity index (χ4v) is 1.87. The first-order valence-corrected chi connectivity index (χ1v) is 6.25. The average molecular weight is 344 g/mol. The number of halogens is 2. The van der Waals surface area contributed by atoms with Gasteiger partial charge in [0.25, 0.3) is 11.2 Å². The number of H-pyrrole nitrogens is 1. The third-order valence-corrected chi connectivity index (χ3v) is 3.02. The largest absolute Gasteiger partial charge is 0.382 e. The summed E-state index contributed by atoms with van der Waals surface area (Å²) in [6.07, 6.45) is 0. The average Bonchev–Trinajstić information content (AvgIpc) is 2.40. The van der Waals surface area contributed by atoms with Gasteiger partial charge < -0.3 is 11.5 Å². The van der Waals surface area contributed by atoms with Crippen LogP contribution in [0.5, 0.6) is 0 Å². The van der Waals surface area contributed by atoms with E-state index in [-0.39, 0.29) is 38.9 Å². The van der Waals surface area contributed by atoms with Crippen LogP contribution in [0.1, 0.15) is 0 Å². The van der Waals surface area contributed by atoms with Gasteiger partial charge in [-0.1, -0.05) is 23.2 Å². The Bertz CT molecular complexity index is 849. The topological polar surface area (TPSA) is 166 Å². The first kappa shape index (κ1) is 15.7. The highest BCUT2D eigenvalue weighted by Crippen LogP contribution is 2.36. The van der Waals surface area contributed by atoms with Crippen molar-refractivity contribution in [3.8, 4) is 0 Å². The van der Waals surface area contributed by atoms with Gasteiger partial charge in [0.2, 0.25) is 5.95 Å². The molecule has 0 aliphatic carbocycles. The number of rotatable bonds is 3. The van der Waals surface area contributed by atoms with Crippen molar-refractivity contribution in [2.45, 2.75) is 0 Å². The molecule has 0 unspecified atom stereocenters. The second kappa shape index (κ2) is 5.95. The number of hydrogen-bond acceptors (Lipinski definition) is 8. The molecule has 2 rings (SSSR count). The molecule has 5 N–H and O–H groups in total. The number of anilines is 2. The van der Waals surface area contributed by atoms with E-state index >= 15 is 0 Å². The van der Waals surface area contributed by atoms with E-state index < -0.39 is 10.5 Å². The normalized spacial score (nSPS) is 11.0. The second-order valence-electron chi connectivity index (χ2n) is 3.90. The van der Waals surface area contributed by atoms with Gasteiger partial charge in [0, 0.05) is 6.07 Å². The van der Waals surface area contributed by atoms with E-state index in [0.29, 0.717) is 0 Å². The molecule has 114 valence electrons. The number of benzene rings is 1. The van der Waals surface area contributed by atoms with E-state index in [0.717, 1.165) is 12.1 Å². The maximum atomic E-state index is 11.6. The summed E-state index contributed by atoms with van der Waals surface area (Å²) in [5.74, 6) is -0.396. The fourth-order valence-electron chi connectivity index (χ4n) is 1.45. The molecule has 0 fully saturated rings. The molecule has 0 atom stereocenters. The van der Waals surface area contributed by atoms with Crippen LogP contribution in [-0.2, 0) is 0 Å². The van der Waals surface area contributed by atoms with Gasteiger partial charge in [-0.05, 0) is 6.07 Å². The number of nitrogen functional groups attached to an aromatic ring is 2. The van der Waals surface area contributed by atoms with Crippen LogP contribution in [0.3, 0.4) is 0 Å². The van der Waals surface area contributed by atoms with Crippen LogP contribution in [-0.4, -0.2) is 14.9 Å². The highest BCUT2D eigenvalue weighted by atomic mass is 35.5. The molecule has 0 saturated carbocycles. The first-order chi connectivity index (χ1) is 10.3. The summed E-state index contributed by atoms with van der Waals surface area (Å²) in [6.45, 7) is 0.